The van der Waals surface area contributed by atoms with Crippen molar-refractivity contribution in [1.29, 1.82) is 0 Å². The van der Waals surface area contributed by atoms with Gasteiger partial charge in [-0.3, -0.25) is 9.59 Å². The van der Waals surface area contributed by atoms with E-state index in [0.717, 1.165) is 23.9 Å². The number of ether oxygens (including phenoxy) is 2. The molecular formula is C22H17F3N2O4S. The van der Waals surface area contributed by atoms with Gasteiger partial charge in [0.05, 0.1) is 12.7 Å². The smallest absolute Gasteiger partial charge is 0.416 e. The Labute approximate surface area is 185 Å². The van der Waals surface area contributed by atoms with Gasteiger partial charge in [-0.15, -0.1) is 0 Å². The summed E-state index contributed by atoms with van der Waals surface area (Å²) in [4.78, 5) is 29.1. The number of hydrogen-bond acceptors (Lipinski definition) is 6. The van der Waals surface area contributed by atoms with Crippen LogP contribution in [0.25, 0.3) is 0 Å². The van der Waals surface area contributed by atoms with Crippen molar-refractivity contribution in [2.75, 3.05) is 12.4 Å². The van der Waals surface area contributed by atoms with E-state index < -0.39 is 23.6 Å². The highest BCUT2D eigenvalue weighted by atomic mass is 32.2. The van der Waals surface area contributed by atoms with Gasteiger partial charge in [-0.05, 0) is 42.5 Å². The maximum atomic E-state index is 12.9. The number of carbonyl (C=O) groups excluding carboxylic acids is 2. The molecule has 1 amide bonds. The summed E-state index contributed by atoms with van der Waals surface area (Å²) in [6.07, 6.45) is -3.07. The van der Waals surface area contributed by atoms with Gasteiger partial charge in [0.15, 0.2) is 11.4 Å². The van der Waals surface area contributed by atoms with Crippen LogP contribution in [0.2, 0.25) is 0 Å². The van der Waals surface area contributed by atoms with Crippen LogP contribution in [-0.2, 0) is 11.0 Å². The monoisotopic (exact) mass is 462 g/mol. The molecule has 3 rings (SSSR count). The number of pyridine rings is 1. The van der Waals surface area contributed by atoms with Gasteiger partial charge in [-0.25, -0.2) is 4.98 Å². The summed E-state index contributed by atoms with van der Waals surface area (Å²) < 4.78 is 48.8. The van der Waals surface area contributed by atoms with Crippen LogP contribution in [0.4, 0.5) is 18.9 Å². The number of rotatable bonds is 6. The third-order valence-corrected chi connectivity index (χ3v) is 5.06. The Morgan fingerprint density at radius 3 is 2.38 bits per heavy atom. The van der Waals surface area contributed by atoms with Gasteiger partial charge in [0.25, 0.3) is 5.91 Å². The summed E-state index contributed by atoms with van der Waals surface area (Å²) in [6, 6.07) is 13.0. The molecule has 2 aromatic carbocycles. The minimum atomic E-state index is -4.41. The normalized spacial score (nSPS) is 11.0. The van der Waals surface area contributed by atoms with Crippen molar-refractivity contribution in [2.45, 2.75) is 22.9 Å². The number of methoxy groups -OCH3 is 1. The van der Waals surface area contributed by atoms with Crippen LogP contribution in [0.1, 0.15) is 23.0 Å². The fourth-order valence-corrected chi connectivity index (χ4v) is 3.54. The molecule has 0 bridgehead atoms. The number of aromatic nitrogens is 1. The number of halogens is 3. The first-order valence-electron chi connectivity index (χ1n) is 9.15. The molecule has 0 atom stereocenters. The van der Waals surface area contributed by atoms with Crippen LogP contribution in [0, 0.1) is 0 Å². The Morgan fingerprint density at radius 1 is 1.03 bits per heavy atom. The van der Waals surface area contributed by atoms with Crippen molar-refractivity contribution >= 4 is 29.3 Å². The van der Waals surface area contributed by atoms with Gasteiger partial charge in [-0.1, -0.05) is 17.8 Å². The molecule has 0 spiro atoms. The fraction of sp³-hybridized carbons (Fsp3) is 0.136. The summed E-state index contributed by atoms with van der Waals surface area (Å²) >= 11 is 1.16. The summed E-state index contributed by atoms with van der Waals surface area (Å²) in [5.74, 6) is -1.19. The molecule has 3 aromatic rings. The Balaban J connectivity index is 1.74. The molecule has 6 nitrogen and oxygen atoms in total. The predicted molar refractivity (Wildman–Crippen MR) is 112 cm³/mol. The SMILES string of the molecule is COc1ccnc(C(=O)Nc2ccc(Sc3cccc(C(F)(F)F)c3)cc2)c1OC(C)=O. The summed E-state index contributed by atoms with van der Waals surface area (Å²) in [7, 11) is 1.37. The zero-order valence-electron chi connectivity index (χ0n) is 16.9. The molecule has 0 aliphatic heterocycles. The second-order valence-electron chi connectivity index (χ2n) is 6.39. The molecule has 10 heteroatoms. The molecule has 0 aliphatic carbocycles. The Morgan fingerprint density at radius 2 is 1.75 bits per heavy atom. The second kappa shape index (κ2) is 9.73. The average molecular weight is 462 g/mol. The van der Waals surface area contributed by atoms with E-state index in [1.807, 2.05) is 0 Å². The van der Waals surface area contributed by atoms with E-state index in [1.165, 1.54) is 32.4 Å². The van der Waals surface area contributed by atoms with Gasteiger partial charge in [0.1, 0.15) is 0 Å². The lowest BCUT2D eigenvalue weighted by molar-refractivity contribution is -0.137. The summed E-state index contributed by atoms with van der Waals surface area (Å²) in [5.41, 5.74) is -0.440. The third kappa shape index (κ3) is 5.79. The standard InChI is InChI=1S/C22H17F3N2O4S/c1-13(28)31-20-18(30-2)10-11-26-19(20)21(29)27-15-6-8-16(9-7-15)32-17-5-3-4-14(12-17)22(23,24)25/h3-12H,1-2H3,(H,27,29). The quantitative estimate of drug-likeness (QED) is 0.492. The van der Waals surface area contributed by atoms with Crippen molar-refractivity contribution in [2.24, 2.45) is 0 Å². The van der Waals surface area contributed by atoms with E-state index in [-0.39, 0.29) is 17.2 Å². The highest BCUT2D eigenvalue weighted by Gasteiger charge is 2.30. The minimum absolute atomic E-state index is 0.100. The molecule has 1 N–H and O–H groups in total. The Kier molecular flexibility index (Phi) is 7.04. The van der Waals surface area contributed by atoms with Gasteiger partial charge in [0, 0.05) is 34.7 Å². The number of amides is 1. The summed E-state index contributed by atoms with van der Waals surface area (Å²) in [6.45, 7) is 1.19. The average Bonchev–Trinajstić information content (AvgIpc) is 2.74. The minimum Gasteiger partial charge on any atom is -0.493 e. The topological polar surface area (TPSA) is 77.5 Å². The number of nitrogens with one attached hydrogen (secondary N) is 1. The number of anilines is 1. The van der Waals surface area contributed by atoms with Crippen molar-refractivity contribution < 1.29 is 32.2 Å². The van der Waals surface area contributed by atoms with Crippen LogP contribution >= 0.6 is 11.8 Å². The Hall–Kier alpha value is -3.53. The lowest BCUT2D eigenvalue weighted by Crippen LogP contribution is -2.17. The number of hydrogen-bond donors (Lipinski definition) is 1. The van der Waals surface area contributed by atoms with E-state index >= 15 is 0 Å². The van der Waals surface area contributed by atoms with E-state index in [0.29, 0.717) is 15.5 Å². The van der Waals surface area contributed by atoms with Crippen LogP contribution in [0.3, 0.4) is 0 Å². The molecule has 0 radical (unpaired) electrons. The van der Waals surface area contributed by atoms with E-state index in [4.69, 9.17) is 9.47 Å². The van der Waals surface area contributed by atoms with Crippen LogP contribution < -0.4 is 14.8 Å². The van der Waals surface area contributed by atoms with Crippen molar-refractivity contribution in [3.8, 4) is 11.5 Å². The molecule has 166 valence electrons. The zero-order valence-corrected chi connectivity index (χ0v) is 17.7. The van der Waals surface area contributed by atoms with E-state index in [9.17, 15) is 22.8 Å². The van der Waals surface area contributed by atoms with Crippen molar-refractivity contribution in [3.05, 3.63) is 72.1 Å². The molecule has 0 saturated carbocycles. The molecule has 1 heterocycles. The largest absolute Gasteiger partial charge is 0.493 e. The maximum Gasteiger partial charge on any atom is 0.416 e. The second-order valence-corrected chi connectivity index (χ2v) is 7.54. The molecule has 0 saturated heterocycles. The molecular weight excluding hydrogens is 445 g/mol. The Bertz CT molecular complexity index is 1130. The van der Waals surface area contributed by atoms with Gasteiger partial charge in [0.2, 0.25) is 5.75 Å². The highest BCUT2D eigenvalue weighted by Crippen LogP contribution is 2.35. The predicted octanol–water partition coefficient (Wildman–Crippen LogP) is 5.44. The van der Waals surface area contributed by atoms with Crippen LogP contribution in [-0.4, -0.2) is 24.0 Å². The van der Waals surface area contributed by atoms with Gasteiger partial charge in [-0.2, -0.15) is 13.2 Å². The maximum absolute atomic E-state index is 12.9. The lowest BCUT2D eigenvalue weighted by Gasteiger charge is -2.12. The van der Waals surface area contributed by atoms with Gasteiger partial charge < -0.3 is 14.8 Å². The first-order valence-corrected chi connectivity index (χ1v) is 9.97. The molecule has 0 unspecified atom stereocenters. The van der Waals surface area contributed by atoms with Gasteiger partial charge >= 0.3 is 12.1 Å². The number of esters is 1. The first-order chi connectivity index (χ1) is 15.2. The molecule has 0 aliphatic rings. The van der Waals surface area contributed by atoms with Crippen molar-refractivity contribution in [1.82, 2.24) is 4.98 Å². The summed E-state index contributed by atoms with van der Waals surface area (Å²) in [5, 5.41) is 2.64. The molecule has 32 heavy (non-hydrogen) atoms. The molecule has 0 fully saturated rings. The zero-order chi connectivity index (χ0) is 23.3. The lowest BCUT2D eigenvalue weighted by atomic mass is 10.2. The van der Waals surface area contributed by atoms with Crippen molar-refractivity contribution in [3.63, 3.8) is 0 Å². The number of benzene rings is 2. The number of nitrogens with zero attached hydrogens (tertiary/aromatic N) is 1. The third-order valence-electron chi connectivity index (χ3n) is 4.06. The van der Waals surface area contributed by atoms with Crippen LogP contribution in [0.15, 0.2) is 70.6 Å². The number of alkyl halides is 3. The molecule has 1 aromatic heterocycles. The first kappa shape index (κ1) is 23.1. The van der Waals surface area contributed by atoms with E-state index in [1.54, 1.807) is 30.3 Å². The number of carbonyl (C=O) groups is 2. The highest BCUT2D eigenvalue weighted by molar-refractivity contribution is 7.99. The fourth-order valence-electron chi connectivity index (χ4n) is 2.66. The van der Waals surface area contributed by atoms with Crippen LogP contribution in [0.5, 0.6) is 11.5 Å². The van der Waals surface area contributed by atoms with E-state index in [2.05, 4.69) is 10.3 Å².